The average Bonchev–Trinajstić information content (AvgIpc) is 2.08. The second kappa shape index (κ2) is 5.14. The SMILES string of the molecule is NC(Cc1ccc(F)c(Br)c1)CC(F)(F)F. The molecule has 0 heterocycles. The molecule has 90 valence electrons. The average molecular weight is 300 g/mol. The first-order valence-corrected chi connectivity index (χ1v) is 5.33. The van der Waals surface area contributed by atoms with Gasteiger partial charge >= 0.3 is 6.18 Å². The molecule has 0 bridgehead atoms. The van der Waals surface area contributed by atoms with Gasteiger partial charge in [-0.1, -0.05) is 6.07 Å². The van der Waals surface area contributed by atoms with Crippen molar-refractivity contribution in [2.75, 3.05) is 0 Å². The first-order valence-electron chi connectivity index (χ1n) is 4.54. The van der Waals surface area contributed by atoms with Gasteiger partial charge in [0.05, 0.1) is 10.9 Å². The van der Waals surface area contributed by atoms with Gasteiger partial charge in [-0.05, 0) is 40.0 Å². The van der Waals surface area contributed by atoms with E-state index in [1.165, 1.54) is 18.2 Å². The Labute approximate surface area is 98.8 Å². The third-order valence-corrected chi connectivity index (χ3v) is 2.58. The molecule has 0 aliphatic rings. The maximum Gasteiger partial charge on any atom is 0.390 e. The number of alkyl halides is 3. The van der Waals surface area contributed by atoms with Crippen LogP contribution in [0.15, 0.2) is 22.7 Å². The van der Waals surface area contributed by atoms with E-state index in [0.717, 1.165) is 0 Å². The third-order valence-electron chi connectivity index (χ3n) is 1.98. The van der Waals surface area contributed by atoms with Gasteiger partial charge < -0.3 is 5.73 Å². The maximum atomic E-state index is 12.8. The van der Waals surface area contributed by atoms with E-state index in [1.807, 2.05) is 0 Å². The first-order chi connectivity index (χ1) is 7.28. The van der Waals surface area contributed by atoms with Crippen LogP contribution in [0.25, 0.3) is 0 Å². The first kappa shape index (κ1) is 13.4. The smallest absolute Gasteiger partial charge is 0.327 e. The van der Waals surface area contributed by atoms with Crippen LogP contribution in [0.1, 0.15) is 12.0 Å². The van der Waals surface area contributed by atoms with Crippen molar-refractivity contribution in [1.82, 2.24) is 0 Å². The second-order valence-corrected chi connectivity index (χ2v) is 4.39. The van der Waals surface area contributed by atoms with E-state index in [0.29, 0.717) is 5.56 Å². The minimum Gasteiger partial charge on any atom is -0.327 e. The van der Waals surface area contributed by atoms with Gasteiger partial charge in [-0.25, -0.2) is 4.39 Å². The predicted octanol–water partition coefficient (Wildman–Crippen LogP) is 3.41. The Hall–Kier alpha value is -0.620. The van der Waals surface area contributed by atoms with E-state index in [4.69, 9.17) is 5.73 Å². The molecule has 0 aliphatic carbocycles. The van der Waals surface area contributed by atoms with Crippen molar-refractivity contribution < 1.29 is 17.6 Å². The molecule has 0 aliphatic heterocycles. The van der Waals surface area contributed by atoms with Gasteiger partial charge in [0.2, 0.25) is 0 Å². The molecule has 0 fully saturated rings. The van der Waals surface area contributed by atoms with Crippen molar-refractivity contribution in [1.29, 1.82) is 0 Å². The van der Waals surface area contributed by atoms with Gasteiger partial charge in [-0.3, -0.25) is 0 Å². The van der Waals surface area contributed by atoms with Crippen molar-refractivity contribution in [2.24, 2.45) is 5.73 Å². The van der Waals surface area contributed by atoms with Gasteiger partial charge in [-0.15, -0.1) is 0 Å². The van der Waals surface area contributed by atoms with Crippen molar-refractivity contribution in [3.05, 3.63) is 34.1 Å². The number of benzene rings is 1. The summed E-state index contributed by atoms with van der Waals surface area (Å²) in [5.41, 5.74) is 5.93. The summed E-state index contributed by atoms with van der Waals surface area (Å²) < 4.78 is 49.1. The molecule has 0 radical (unpaired) electrons. The zero-order valence-electron chi connectivity index (χ0n) is 8.19. The number of halogens is 5. The van der Waals surface area contributed by atoms with E-state index < -0.39 is 24.5 Å². The fourth-order valence-electron chi connectivity index (χ4n) is 1.34. The van der Waals surface area contributed by atoms with Crippen LogP contribution in [0.2, 0.25) is 0 Å². The monoisotopic (exact) mass is 299 g/mol. The Bertz CT molecular complexity index is 364. The number of hydrogen-bond acceptors (Lipinski definition) is 1. The maximum absolute atomic E-state index is 12.8. The van der Waals surface area contributed by atoms with Gasteiger partial charge in [0.15, 0.2) is 0 Å². The molecule has 0 saturated heterocycles. The molecule has 1 aromatic carbocycles. The van der Waals surface area contributed by atoms with Crippen LogP contribution in [0.5, 0.6) is 0 Å². The van der Waals surface area contributed by atoms with E-state index in [1.54, 1.807) is 0 Å². The number of nitrogens with two attached hydrogens (primary N) is 1. The fraction of sp³-hybridized carbons (Fsp3) is 0.400. The van der Waals surface area contributed by atoms with E-state index in [-0.39, 0.29) is 10.9 Å². The summed E-state index contributed by atoms with van der Waals surface area (Å²) >= 11 is 2.96. The summed E-state index contributed by atoms with van der Waals surface area (Å²) in [5.74, 6) is -0.451. The van der Waals surface area contributed by atoms with Crippen LogP contribution in [0.4, 0.5) is 17.6 Å². The van der Waals surface area contributed by atoms with Crippen molar-refractivity contribution >= 4 is 15.9 Å². The lowest BCUT2D eigenvalue weighted by Crippen LogP contribution is -2.29. The van der Waals surface area contributed by atoms with Crippen molar-refractivity contribution in [2.45, 2.75) is 25.1 Å². The Morgan fingerprint density at radius 1 is 1.31 bits per heavy atom. The molecule has 2 N–H and O–H groups in total. The number of hydrogen-bond donors (Lipinski definition) is 1. The summed E-state index contributed by atoms with van der Waals surface area (Å²) in [6.07, 6.45) is -5.24. The molecule has 1 rings (SSSR count). The Kier molecular flexibility index (Phi) is 4.32. The summed E-state index contributed by atoms with van der Waals surface area (Å²) in [5, 5.41) is 0. The zero-order chi connectivity index (χ0) is 12.3. The standard InChI is InChI=1S/C10H10BrF4N/c11-8-4-6(1-2-9(8)12)3-7(16)5-10(13,14)15/h1-2,4,7H,3,5,16H2. The molecule has 1 unspecified atom stereocenters. The van der Waals surface area contributed by atoms with Gasteiger partial charge in [0.25, 0.3) is 0 Å². The highest BCUT2D eigenvalue weighted by atomic mass is 79.9. The van der Waals surface area contributed by atoms with Crippen LogP contribution < -0.4 is 5.73 Å². The summed E-state index contributed by atoms with van der Waals surface area (Å²) in [6.45, 7) is 0. The highest BCUT2D eigenvalue weighted by Gasteiger charge is 2.30. The van der Waals surface area contributed by atoms with E-state index >= 15 is 0 Å². The molecule has 16 heavy (non-hydrogen) atoms. The molecule has 0 saturated carbocycles. The molecular formula is C10H10BrF4N. The van der Waals surface area contributed by atoms with Gasteiger partial charge in [-0.2, -0.15) is 13.2 Å². The van der Waals surface area contributed by atoms with Gasteiger partial charge in [0, 0.05) is 6.04 Å². The molecule has 0 aromatic heterocycles. The number of rotatable bonds is 3. The second-order valence-electron chi connectivity index (χ2n) is 3.53. The van der Waals surface area contributed by atoms with Crippen molar-refractivity contribution in [3.63, 3.8) is 0 Å². The highest BCUT2D eigenvalue weighted by Crippen LogP contribution is 2.23. The molecule has 6 heteroatoms. The molecule has 1 atom stereocenters. The Morgan fingerprint density at radius 3 is 2.44 bits per heavy atom. The van der Waals surface area contributed by atoms with Crippen LogP contribution in [-0.2, 0) is 6.42 Å². The third kappa shape index (κ3) is 4.49. The molecular weight excluding hydrogens is 290 g/mol. The van der Waals surface area contributed by atoms with Crippen LogP contribution >= 0.6 is 15.9 Å². The highest BCUT2D eigenvalue weighted by molar-refractivity contribution is 9.10. The lowest BCUT2D eigenvalue weighted by atomic mass is 10.0. The summed E-state index contributed by atoms with van der Waals surface area (Å²) in [6, 6.07) is 3.05. The lowest BCUT2D eigenvalue weighted by Gasteiger charge is -2.14. The van der Waals surface area contributed by atoms with Crippen LogP contribution in [0.3, 0.4) is 0 Å². The van der Waals surface area contributed by atoms with Crippen LogP contribution in [0, 0.1) is 5.82 Å². The van der Waals surface area contributed by atoms with Crippen LogP contribution in [-0.4, -0.2) is 12.2 Å². The minimum atomic E-state index is -4.27. The summed E-state index contributed by atoms with van der Waals surface area (Å²) in [7, 11) is 0. The van der Waals surface area contributed by atoms with E-state index in [2.05, 4.69) is 15.9 Å². The largest absolute Gasteiger partial charge is 0.390 e. The summed E-state index contributed by atoms with van der Waals surface area (Å²) in [4.78, 5) is 0. The quantitative estimate of drug-likeness (QED) is 0.851. The minimum absolute atomic E-state index is 0.0678. The fourth-order valence-corrected chi connectivity index (χ4v) is 1.77. The van der Waals surface area contributed by atoms with Crippen molar-refractivity contribution in [3.8, 4) is 0 Å². The molecule has 1 aromatic rings. The Balaban J connectivity index is 2.63. The molecule has 0 amide bonds. The zero-order valence-corrected chi connectivity index (χ0v) is 9.78. The topological polar surface area (TPSA) is 26.0 Å². The molecule has 1 nitrogen and oxygen atoms in total. The molecule has 0 spiro atoms. The lowest BCUT2D eigenvalue weighted by molar-refractivity contribution is -0.138. The Morgan fingerprint density at radius 2 is 1.94 bits per heavy atom. The predicted molar refractivity (Wildman–Crippen MR) is 56.5 cm³/mol. The normalized spacial score (nSPS) is 13.9. The van der Waals surface area contributed by atoms with Gasteiger partial charge in [0.1, 0.15) is 5.82 Å². The van der Waals surface area contributed by atoms with E-state index in [9.17, 15) is 17.6 Å².